The quantitative estimate of drug-likeness (QED) is 0.0134. The van der Waals surface area contributed by atoms with Crippen LogP contribution in [0.1, 0.15) is 130 Å². The molecule has 0 aliphatic carbocycles. The number of nitrogens with one attached hydrogen (secondary N) is 4. The Morgan fingerprint density at radius 3 is 0.944 bits per heavy atom. The van der Waals surface area contributed by atoms with Gasteiger partial charge in [0, 0.05) is 24.8 Å². The number of esters is 4. The molecule has 4 saturated heterocycles. The number of aromatic nitrogens is 8. The van der Waals surface area contributed by atoms with E-state index in [4.69, 9.17) is 50.1 Å². The summed E-state index contributed by atoms with van der Waals surface area (Å²) in [5, 5.41) is 80.5. The SMILES string of the molecule is CC(C)[C@H](N)C(=O)OC[C@@]1(F)O[C@@H](n2cc(C=O)c(=O)[nH]c2=O)[C@H](O)[C@@H]1O.[2H]C([2H])(OC(=O)[C@@H](N)C(C)C)[C@@]1(F)O[C@@H](n2cc(C=O)c(=O)[nH]c2=O)[C@H](O)[C@@H]1O.[2H]C([2H])(OC(=O)[C@@H](N)C(C)C)[C@@]1(F)O[C@@]([2H])(n2cc(C=O)c(=O)[nH]c2=O)[C@H](O)[C@@H]1O.[2H][C@@]1(n2cc(C=O)c(=O)[nH]c2=O)O[C@](F)(COC(=O)[C@@H](N)C(C)C)[C@@H](O)[C@H]1O. The third-order valence-corrected chi connectivity index (χ3v) is 15.9. The van der Waals surface area contributed by atoms with Gasteiger partial charge >= 0.3 is 46.6 Å². The Morgan fingerprint density at radius 1 is 0.426 bits per heavy atom. The van der Waals surface area contributed by atoms with E-state index in [-0.39, 0.29) is 46.1 Å². The molecule has 8 heterocycles. The normalized spacial score (nSPS) is 31.4. The molecule has 8 rings (SSSR count). The van der Waals surface area contributed by atoms with Crippen molar-refractivity contribution in [3.8, 4) is 0 Å². The molecule has 0 aromatic carbocycles. The van der Waals surface area contributed by atoms with Gasteiger partial charge in [-0.2, -0.15) is 0 Å². The van der Waals surface area contributed by atoms with E-state index in [0.29, 0.717) is 27.7 Å². The summed E-state index contributed by atoms with van der Waals surface area (Å²) in [6.45, 7) is 2.83. The highest BCUT2D eigenvalue weighted by Gasteiger charge is 2.61. The van der Waals surface area contributed by atoms with Crippen molar-refractivity contribution >= 4 is 49.0 Å². The van der Waals surface area contributed by atoms with Crippen LogP contribution >= 0.6 is 0 Å². The number of carbonyl (C=O) groups is 8. The zero-order valence-electron chi connectivity index (χ0n) is 63.4. The van der Waals surface area contributed by atoms with E-state index >= 15 is 13.2 Å². The lowest BCUT2D eigenvalue weighted by molar-refractivity contribution is -0.217. The van der Waals surface area contributed by atoms with Gasteiger partial charge in [-0.25, -0.2) is 36.7 Å². The molecule has 0 saturated carbocycles. The van der Waals surface area contributed by atoms with Crippen LogP contribution in [0, 0.1) is 23.7 Å². The lowest BCUT2D eigenvalue weighted by Crippen LogP contribution is -2.46. The summed E-state index contributed by atoms with van der Waals surface area (Å²) in [5.41, 5.74) is 10.4. The monoisotopic (exact) mass is 1560 g/mol. The molecule has 108 heavy (non-hydrogen) atoms. The number of H-pyrrole nitrogens is 4. The van der Waals surface area contributed by atoms with Crippen molar-refractivity contribution in [3.05, 3.63) is 130 Å². The fourth-order valence-corrected chi connectivity index (χ4v) is 8.95. The number of halogens is 4. The first-order chi connectivity index (χ1) is 52.3. The fraction of sp³-hybridized carbons (Fsp3) is 0.600. The first-order valence-electron chi connectivity index (χ1n) is 34.3. The zero-order chi connectivity index (χ0) is 87.5. The maximum Gasteiger partial charge on any atom is 0.330 e. The van der Waals surface area contributed by atoms with Crippen LogP contribution < -0.4 is 67.9 Å². The highest BCUT2D eigenvalue weighted by Crippen LogP contribution is 2.42. The second-order valence-electron chi connectivity index (χ2n) is 25.2. The molecule has 0 bridgehead atoms. The number of aliphatic hydroxyl groups is 8. The highest BCUT2D eigenvalue weighted by molar-refractivity contribution is 5.78. The molecule has 4 aliphatic heterocycles. The smallest absolute Gasteiger partial charge is 0.330 e. The summed E-state index contributed by atoms with van der Waals surface area (Å²) in [6, 6.07) is -4.82. The minimum Gasteiger partial charge on any atom is -0.458 e. The number of carbonyl (C=O) groups excluding carboxylic acids is 8. The Labute approximate surface area is 609 Å². The molecule has 0 spiro atoms. The van der Waals surface area contributed by atoms with Gasteiger partial charge in [0.25, 0.3) is 45.7 Å². The third-order valence-electron chi connectivity index (χ3n) is 15.9. The van der Waals surface area contributed by atoms with Crippen LogP contribution in [0.2, 0.25) is 0 Å². The van der Waals surface area contributed by atoms with E-state index in [1.807, 2.05) is 0 Å². The van der Waals surface area contributed by atoms with Crippen LogP contribution in [-0.2, 0) is 57.1 Å². The average Bonchev–Trinajstić information content (AvgIpc) is 1.49. The van der Waals surface area contributed by atoms with Gasteiger partial charge < -0.3 is 102 Å². The largest absolute Gasteiger partial charge is 0.458 e. The first-order valence-corrected chi connectivity index (χ1v) is 31.3. The second-order valence-corrected chi connectivity index (χ2v) is 25.2. The van der Waals surface area contributed by atoms with Crippen molar-refractivity contribution in [3.63, 3.8) is 0 Å². The van der Waals surface area contributed by atoms with Crippen LogP contribution in [0.3, 0.4) is 0 Å². The third kappa shape index (κ3) is 19.8. The number of aliphatic hydroxyl groups excluding tert-OH is 8. The minimum atomic E-state index is -4.04. The van der Waals surface area contributed by atoms with Crippen molar-refractivity contribution in [2.45, 2.75) is 177 Å². The Kier molecular flexibility index (Phi) is 26.5. The molecule has 4 fully saturated rings. The van der Waals surface area contributed by atoms with Crippen molar-refractivity contribution in [2.24, 2.45) is 46.6 Å². The average molecular weight is 1560 g/mol. The van der Waals surface area contributed by atoms with Gasteiger partial charge in [0.1, 0.15) is 73.0 Å². The van der Waals surface area contributed by atoms with Crippen LogP contribution in [0.4, 0.5) is 17.6 Å². The molecule has 44 nitrogen and oxygen atoms in total. The Balaban J connectivity index is 0.000000272. The molecular weight excluding hydrogens is 1480 g/mol. The summed E-state index contributed by atoms with van der Waals surface area (Å²) < 4.78 is 146. The van der Waals surface area contributed by atoms with Gasteiger partial charge in [-0.1, -0.05) is 55.4 Å². The molecule has 48 heteroatoms. The molecule has 4 aliphatic rings. The number of nitrogens with two attached hydrogens (primary N) is 4. The molecule has 0 radical (unpaired) electrons. The van der Waals surface area contributed by atoms with E-state index in [0.717, 1.165) is 6.20 Å². The number of hydrogen-bond donors (Lipinski definition) is 16. The zero-order valence-corrected chi connectivity index (χ0v) is 57.4. The molecule has 20 atom stereocenters. The number of ether oxygens (including phenoxy) is 8. The van der Waals surface area contributed by atoms with Crippen LogP contribution in [-0.4, -0.2) is 251 Å². The maximum atomic E-state index is 15.4. The molecule has 20 N–H and O–H groups in total. The van der Waals surface area contributed by atoms with Crippen molar-refractivity contribution in [2.75, 3.05) is 26.3 Å². The second kappa shape index (κ2) is 36.0. The van der Waals surface area contributed by atoms with Gasteiger partial charge in [0.15, 0.2) is 76.3 Å². The number of aromatic amines is 4. The van der Waals surface area contributed by atoms with E-state index < -0.39 is 251 Å². The van der Waals surface area contributed by atoms with E-state index in [9.17, 15) is 122 Å². The summed E-state index contributed by atoms with van der Waals surface area (Å²) in [4.78, 5) is 191. The van der Waals surface area contributed by atoms with Gasteiger partial charge in [-0.05, 0) is 23.7 Å². The topological polar surface area (TPSA) is 696 Å². The number of aldehydes is 4. The Bertz CT molecular complexity index is 4780. The van der Waals surface area contributed by atoms with Crippen molar-refractivity contribution in [1.29, 1.82) is 0 Å². The van der Waals surface area contributed by atoms with E-state index in [1.54, 1.807) is 47.6 Å². The first kappa shape index (κ1) is 79.4. The van der Waals surface area contributed by atoms with Gasteiger partial charge in [-0.15, -0.1) is 0 Å². The molecule has 4 aromatic heterocycles. The number of nitrogens with zero attached hydrogens (tertiary/aromatic N) is 4. The summed E-state index contributed by atoms with van der Waals surface area (Å²) in [7, 11) is 0. The lowest BCUT2D eigenvalue weighted by atomic mass is 10.1. The van der Waals surface area contributed by atoms with Crippen LogP contribution in [0.25, 0.3) is 0 Å². The Morgan fingerprint density at radius 2 is 0.648 bits per heavy atom. The van der Waals surface area contributed by atoms with E-state index in [2.05, 4.69) is 18.9 Å². The molecular formula is C60H80F4N12O32. The summed E-state index contributed by atoms with van der Waals surface area (Å²) in [6.07, 6.45) is -26.6. The van der Waals surface area contributed by atoms with Gasteiger partial charge in [0.2, 0.25) is 0 Å². The number of rotatable bonds is 24. The molecule has 0 unspecified atom stereocenters. The lowest BCUT2D eigenvalue weighted by Gasteiger charge is -2.24. The minimum absolute atomic E-state index is 0.00700. The maximum absolute atomic E-state index is 15.4. The highest BCUT2D eigenvalue weighted by atomic mass is 19.2. The number of hydrogen-bond acceptors (Lipinski definition) is 36. The van der Waals surface area contributed by atoms with Gasteiger partial charge in [-0.3, -0.25) is 95.7 Å². The van der Waals surface area contributed by atoms with E-state index in [1.165, 1.54) is 27.7 Å². The van der Waals surface area contributed by atoms with Crippen molar-refractivity contribution < 1.29 is 143 Å². The predicted molar refractivity (Wildman–Crippen MR) is 346 cm³/mol. The molecule has 0 amide bonds. The molecule has 600 valence electrons. The van der Waals surface area contributed by atoms with Crippen LogP contribution in [0.15, 0.2) is 63.1 Å². The van der Waals surface area contributed by atoms with Gasteiger partial charge in [0.05, 0.1) is 30.5 Å². The van der Waals surface area contributed by atoms with Crippen LogP contribution in [0.5, 0.6) is 0 Å². The Hall–Kier alpha value is -9.64. The fourth-order valence-electron chi connectivity index (χ4n) is 8.95. The molecule has 4 aromatic rings. The number of alkyl halides is 4. The standard InChI is InChI=1S/4C15H20FN3O8/c4*1-6(2)8(17)13(24)26-5-15(16)10(22)9(21)12(27-15)19-3-7(4-20)11(23)18-14(19)25/h4*3-4,6,8-10,12,21-22H,5,17H2,1-2H3,(H,18,23,25)/t4*8-,9+,10-,12+,15+/m0000/s1/i5D2,12D;12D;5D2;. The summed E-state index contributed by atoms with van der Waals surface area (Å²) in [5.74, 6) is -20.5. The predicted octanol–water partition coefficient (Wildman–Crippen LogP) is -8.83. The van der Waals surface area contributed by atoms with Crippen molar-refractivity contribution in [1.82, 2.24) is 38.2 Å². The summed E-state index contributed by atoms with van der Waals surface area (Å²) >= 11 is 0.